The zero-order chi connectivity index (χ0) is 15.2. The van der Waals surface area contributed by atoms with Gasteiger partial charge in [0.1, 0.15) is 5.69 Å². The minimum Gasteiger partial charge on any atom is -0.370 e. The molecule has 1 heterocycles. The quantitative estimate of drug-likeness (QED) is 0.459. The number of rotatable bonds is 1. The van der Waals surface area contributed by atoms with Gasteiger partial charge in [-0.2, -0.15) is 4.99 Å². The number of amides is 1. The number of hydrogen-bond donors (Lipinski definition) is 2. The molecule has 0 aliphatic heterocycles. The number of fused-ring (bicyclic) bond motifs is 1. The first kappa shape index (κ1) is 17.9. The SMILES string of the molecule is Cc1c(C(=O)N=C(N)N)n(C)c2cc(Cl)c(Cl)c(Cl)c12.Cl. The molecular weight excluding hydrogens is 358 g/mol. The van der Waals surface area contributed by atoms with E-state index in [9.17, 15) is 4.79 Å². The Balaban J connectivity index is 0.00000220. The maximum Gasteiger partial charge on any atom is 0.297 e. The van der Waals surface area contributed by atoms with E-state index in [1.807, 2.05) is 0 Å². The molecule has 0 fully saturated rings. The average Bonchev–Trinajstić information content (AvgIpc) is 2.57. The second kappa shape index (κ2) is 6.32. The lowest BCUT2D eigenvalue weighted by Crippen LogP contribution is -2.24. The molecule has 114 valence electrons. The summed E-state index contributed by atoms with van der Waals surface area (Å²) in [5, 5.41) is 1.50. The van der Waals surface area contributed by atoms with Crippen molar-refractivity contribution in [2.75, 3.05) is 0 Å². The molecule has 21 heavy (non-hydrogen) atoms. The van der Waals surface area contributed by atoms with Crippen molar-refractivity contribution in [3.63, 3.8) is 0 Å². The lowest BCUT2D eigenvalue weighted by Gasteiger charge is -2.03. The predicted molar refractivity (Wildman–Crippen MR) is 90.1 cm³/mol. The molecule has 0 atom stereocenters. The highest BCUT2D eigenvalue weighted by Gasteiger charge is 2.22. The summed E-state index contributed by atoms with van der Waals surface area (Å²) in [4.78, 5) is 15.6. The summed E-state index contributed by atoms with van der Waals surface area (Å²) in [5.74, 6) is -0.855. The van der Waals surface area contributed by atoms with Crippen molar-refractivity contribution >= 4 is 70.0 Å². The highest BCUT2D eigenvalue weighted by atomic mass is 35.5. The Labute approximate surface area is 142 Å². The molecule has 0 saturated heterocycles. The maximum absolute atomic E-state index is 12.1. The van der Waals surface area contributed by atoms with Crippen molar-refractivity contribution in [1.82, 2.24) is 4.57 Å². The minimum atomic E-state index is -0.551. The van der Waals surface area contributed by atoms with Crippen molar-refractivity contribution < 1.29 is 4.79 Å². The third kappa shape index (κ3) is 2.92. The molecule has 2 rings (SSSR count). The van der Waals surface area contributed by atoms with Crippen LogP contribution in [0.1, 0.15) is 16.1 Å². The van der Waals surface area contributed by atoms with Crippen molar-refractivity contribution in [1.29, 1.82) is 0 Å². The fourth-order valence-corrected chi connectivity index (χ4v) is 2.90. The first-order valence-corrected chi connectivity index (χ1v) is 6.65. The van der Waals surface area contributed by atoms with Crippen LogP contribution in [0.4, 0.5) is 0 Å². The first-order valence-electron chi connectivity index (χ1n) is 5.52. The summed E-state index contributed by atoms with van der Waals surface area (Å²) in [6.45, 7) is 1.74. The molecule has 4 N–H and O–H groups in total. The molecule has 1 aromatic heterocycles. The Bertz CT molecular complexity index is 763. The highest BCUT2D eigenvalue weighted by molar-refractivity contribution is 6.50. The largest absolute Gasteiger partial charge is 0.370 e. The number of nitrogens with two attached hydrogens (primary N) is 2. The first-order chi connectivity index (χ1) is 9.25. The number of halogens is 4. The lowest BCUT2D eigenvalue weighted by molar-refractivity contribution is 0.0995. The Hall–Kier alpha value is -1.14. The van der Waals surface area contributed by atoms with Crippen LogP contribution < -0.4 is 11.5 Å². The monoisotopic (exact) mass is 368 g/mol. The van der Waals surface area contributed by atoms with E-state index < -0.39 is 5.91 Å². The molecule has 1 aromatic carbocycles. The summed E-state index contributed by atoms with van der Waals surface area (Å²) in [6, 6.07) is 1.64. The van der Waals surface area contributed by atoms with Crippen molar-refractivity contribution in [2.24, 2.45) is 23.5 Å². The lowest BCUT2D eigenvalue weighted by atomic mass is 10.1. The van der Waals surface area contributed by atoms with Crippen LogP contribution in [0.2, 0.25) is 15.1 Å². The number of guanidine groups is 1. The predicted octanol–water partition coefficient (Wildman–Crippen LogP) is 3.28. The van der Waals surface area contributed by atoms with Gasteiger partial charge in [-0.3, -0.25) is 4.79 Å². The van der Waals surface area contributed by atoms with Crippen molar-refractivity contribution in [2.45, 2.75) is 6.92 Å². The number of nitrogens with zero attached hydrogens (tertiary/aromatic N) is 2. The summed E-state index contributed by atoms with van der Waals surface area (Å²) < 4.78 is 1.63. The van der Waals surface area contributed by atoms with Gasteiger partial charge in [-0.15, -0.1) is 12.4 Å². The third-order valence-electron chi connectivity index (χ3n) is 3.00. The normalized spacial score (nSPS) is 10.3. The van der Waals surface area contributed by atoms with Gasteiger partial charge >= 0.3 is 0 Å². The molecule has 1 amide bonds. The van der Waals surface area contributed by atoms with Crippen LogP contribution in [-0.4, -0.2) is 16.4 Å². The van der Waals surface area contributed by atoms with Crippen molar-refractivity contribution in [3.05, 3.63) is 32.4 Å². The molecule has 0 radical (unpaired) electrons. The molecule has 0 unspecified atom stereocenters. The van der Waals surface area contributed by atoms with E-state index in [0.29, 0.717) is 32.2 Å². The molecule has 0 aliphatic carbocycles. The maximum atomic E-state index is 12.1. The van der Waals surface area contributed by atoms with Crippen LogP contribution in [0, 0.1) is 6.92 Å². The van der Waals surface area contributed by atoms with Crippen LogP contribution in [0.15, 0.2) is 11.1 Å². The number of benzene rings is 1. The van der Waals surface area contributed by atoms with Crippen LogP contribution in [0.5, 0.6) is 0 Å². The van der Waals surface area contributed by atoms with Gasteiger partial charge < -0.3 is 16.0 Å². The molecule has 0 aliphatic rings. The number of hydrogen-bond acceptors (Lipinski definition) is 1. The molecule has 0 saturated carbocycles. The Kier molecular flexibility index (Phi) is 5.39. The summed E-state index contributed by atoms with van der Waals surface area (Å²) in [6.07, 6.45) is 0. The molecular formula is C12H12Cl4N4O. The van der Waals surface area contributed by atoms with Crippen molar-refractivity contribution in [3.8, 4) is 0 Å². The van der Waals surface area contributed by atoms with Crippen LogP contribution >= 0.6 is 47.2 Å². The Morgan fingerprint density at radius 3 is 2.33 bits per heavy atom. The van der Waals surface area contributed by atoms with Gasteiger partial charge in [-0.25, -0.2) is 0 Å². The minimum absolute atomic E-state index is 0. The zero-order valence-corrected chi connectivity index (χ0v) is 14.2. The van der Waals surface area contributed by atoms with Crippen LogP contribution in [-0.2, 0) is 7.05 Å². The van der Waals surface area contributed by atoms with Crippen LogP contribution in [0.3, 0.4) is 0 Å². The standard InChI is InChI=1S/C12H11Cl3N4O.ClH/c1-4-7-6(3-5(13)8(14)9(7)15)19(2)10(4)11(20)18-12(16)17;/h3H,1-2H3,(H4,16,17,18,20);1H. The van der Waals surface area contributed by atoms with E-state index >= 15 is 0 Å². The second-order valence-corrected chi connectivity index (χ2v) is 5.42. The fraction of sp³-hybridized carbons (Fsp3) is 0.167. The number of aryl methyl sites for hydroxylation is 2. The Morgan fingerprint density at radius 1 is 1.24 bits per heavy atom. The van der Waals surface area contributed by atoms with Gasteiger partial charge in [0.15, 0.2) is 5.96 Å². The number of carbonyl (C=O) groups is 1. The fourth-order valence-electron chi connectivity index (χ4n) is 2.17. The number of carbonyl (C=O) groups excluding carboxylic acids is 1. The van der Waals surface area contributed by atoms with E-state index in [2.05, 4.69) is 4.99 Å². The molecule has 0 bridgehead atoms. The zero-order valence-electron chi connectivity index (χ0n) is 11.1. The summed E-state index contributed by atoms with van der Waals surface area (Å²) in [7, 11) is 1.70. The van der Waals surface area contributed by atoms with E-state index in [1.165, 1.54) is 0 Å². The van der Waals surface area contributed by atoms with Gasteiger partial charge in [0, 0.05) is 12.4 Å². The summed E-state index contributed by atoms with van der Waals surface area (Å²) >= 11 is 18.2. The van der Waals surface area contributed by atoms with Gasteiger partial charge in [0.05, 0.1) is 20.6 Å². The van der Waals surface area contributed by atoms with Gasteiger partial charge in [-0.1, -0.05) is 34.8 Å². The summed E-state index contributed by atoms with van der Waals surface area (Å²) in [5.41, 5.74) is 12.1. The Morgan fingerprint density at radius 2 is 1.81 bits per heavy atom. The topological polar surface area (TPSA) is 86.4 Å². The molecule has 5 nitrogen and oxygen atoms in total. The van der Waals surface area contributed by atoms with E-state index in [-0.39, 0.29) is 23.4 Å². The van der Waals surface area contributed by atoms with E-state index in [0.717, 1.165) is 0 Å². The van der Waals surface area contributed by atoms with Gasteiger partial charge in [0.25, 0.3) is 5.91 Å². The van der Waals surface area contributed by atoms with Crippen LogP contribution in [0.25, 0.3) is 10.9 Å². The second-order valence-electron chi connectivity index (χ2n) is 4.25. The number of aromatic nitrogens is 1. The smallest absolute Gasteiger partial charge is 0.297 e. The van der Waals surface area contributed by atoms with Gasteiger partial charge in [0.2, 0.25) is 0 Å². The highest BCUT2D eigenvalue weighted by Crippen LogP contribution is 2.40. The average molecular weight is 370 g/mol. The van der Waals surface area contributed by atoms with E-state index in [1.54, 1.807) is 24.6 Å². The van der Waals surface area contributed by atoms with E-state index in [4.69, 9.17) is 46.3 Å². The molecule has 2 aromatic rings. The third-order valence-corrected chi connectivity index (χ3v) is 4.26. The van der Waals surface area contributed by atoms with Gasteiger partial charge in [-0.05, 0) is 18.6 Å². The molecule has 9 heteroatoms. The number of aliphatic imine (C=N–C) groups is 1. The molecule has 0 spiro atoms.